The molecular weight excluding hydrogens is 196 g/mol. The summed E-state index contributed by atoms with van der Waals surface area (Å²) in [4.78, 5) is 12.9. The van der Waals surface area contributed by atoms with Gasteiger partial charge in [-0.05, 0) is 13.3 Å². The van der Waals surface area contributed by atoms with Gasteiger partial charge in [0, 0.05) is 32.3 Å². The van der Waals surface area contributed by atoms with Crippen LogP contribution in [0.3, 0.4) is 0 Å². The van der Waals surface area contributed by atoms with E-state index in [0.717, 1.165) is 19.5 Å². The Morgan fingerprint density at radius 1 is 1.60 bits per heavy atom. The Bertz CT molecular complexity index is 211. The summed E-state index contributed by atoms with van der Waals surface area (Å²) in [6.45, 7) is 4.25. The molecule has 88 valence electrons. The summed E-state index contributed by atoms with van der Waals surface area (Å²) in [6, 6.07) is 0.673. The molecule has 0 aliphatic carbocycles. The first-order chi connectivity index (χ1) is 7.17. The fourth-order valence-corrected chi connectivity index (χ4v) is 1.89. The molecule has 1 aliphatic rings. The molecule has 0 aromatic carbocycles. The summed E-state index contributed by atoms with van der Waals surface area (Å²) in [5.41, 5.74) is 0. The molecule has 1 fully saturated rings. The van der Waals surface area contributed by atoms with Crippen molar-refractivity contribution < 1.29 is 14.3 Å². The number of nitrogens with zero attached hydrogens (tertiary/aromatic N) is 1. The van der Waals surface area contributed by atoms with Crippen molar-refractivity contribution >= 4 is 6.09 Å². The highest BCUT2D eigenvalue weighted by atomic mass is 16.5. The van der Waals surface area contributed by atoms with Gasteiger partial charge in [-0.3, -0.25) is 0 Å². The summed E-state index contributed by atoms with van der Waals surface area (Å²) in [6.07, 6.45) is 0.738. The van der Waals surface area contributed by atoms with Crippen LogP contribution in [0.5, 0.6) is 0 Å². The van der Waals surface area contributed by atoms with Gasteiger partial charge < -0.3 is 19.7 Å². The Hall–Kier alpha value is -0.810. The van der Waals surface area contributed by atoms with Crippen molar-refractivity contribution in [3.05, 3.63) is 0 Å². The monoisotopic (exact) mass is 216 g/mol. The van der Waals surface area contributed by atoms with Crippen LogP contribution in [0.1, 0.15) is 13.3 Å². The number of amides is 1. The van der Waals surface area contributed by atoms with Crippen LogP contribution in [0.2, 0.25) is 0 Å². The van der Waals surface area contributed by atoms with Crippen molar-refractivity contribution in [1.82, 2.24) is 10.2 Å². The average Bonchev–Trinajstić information content (AvgIpc) is 2.65. The predicted octanol–water partition coefficient (Wildman–Crippen LogP) is 0.452. The van der Waals surface area contributed by atoms with Crippen molar-refractivity contribution in [2.45, 2.75) is 25.4 Å². The number of carbonyl (C=O) groups excluding carboxylic acids is 1. The number of rotatable bonds is 4. The van der Waals surface area contributed by atoms with Gasteiger partial charge in [0.15, 0.2) is 0 Å². The first kappa shape index (κ1) is 12.3. The maximum atomic E-state index is 11.2. The van der Waals surface area contributed by atoms with Gasteiger partial charge >= 0.3 is 6.09 Å². The van der Waals surface area contributed by atoms with Crippen LogP contribution in [0.15, 0.2) is 0 Å². The highest BCUT2D eigenvalue weighted by Crippen LogP contribution is 2.10. The van der Waals surface area contributed by atoms with E-state index in [4.69, 9.17) is 4.74 Å². The fourth-order valence-electron chi connectivity index (χ4n) is 1.89. The maximum Gasteiger partial charge on any atom is 0.409 e. The highest BCUT2D eigenvalue weighted by Gasteiger charge is 2.27. The van der Waals surface area contributed by atoms with Crippen LogP contribution in [-0.2, 0) is 9.47 Å². The topological polar surface area (TPSA) is 50.8 Å². The third-order valence-electron chi connectivity index (χ3n) is 2.56. The lowest BCUT2D eigenvalue weighted by atomic mass is 10.2. The van der Waals surface area contributed by atoms with Crippen LogP contribution in [0.25, 0.3) is 0 Å². The van der Waals surface area contributed by atoms with E-state index in [9.17, 15) is 4.79 Å². The molecule has 0 aromatic heterocycles. The standard InChI is InChI=1S/C10H20N2O3/c1-8(7-14-2)11-9-4-5-12(6-9)10(13)15-3/h8-9,11H,4-7H2,1-3H3. The molecule has 0 radical (unpaired) electrons. The molecule has 1 saturated heterocycles. The Morgan fingerprint density at radius 2 is 2.33 bits per heavy atom. The van der Waals surface area contributed by atoms with Crippen molar-refractivity contribution in [2.24, 2.45) is 0 Å². The lowest BCUT2D eigenvalue weighted by molar-refractivity contribution is 0.131. The fraction of sp³-hybridized carbons (Fsp3) is 0.900. The van der Waals surface area contributed by atoms with Crippen molar-refractivity contribution in [2.75, 3.05) is 33.9 Å². The van der Waals surface area contributed by atoms with Gasteiger partial charge in [0.2, 0.25) is 0 Å². The van der Waals surface area contributed by atoms with Crippen molar-refractivity contribution in [3.8, 4) is 0 Å². The molecular formula is C10H20N2O3. The maximum absolute atomic E-state index is 11.2. The molecule has 1 amide bonds. The second kappa shape index (κ2) is 5.92. The zero-order valence-corrected chi connectivity index (χ0v) is 9.66. The van der Waals surface area contributed by atoms with E-state index in [-0.39, 0.29) is 6.09 Å². The zero-order chi connectivity index (χ0) is 11.3. The van der Waals surface area contributed by atoms with E-state index in [0.29, 0.717) is 18.7 Å². The highest BCUT2D eigenvalue weighted by molar-refractivity contribution is 5.67. The van der Waals surface area contributed by atoms with E-state index >= 15 is 0 Å². The molecule has 15 heavy (non-hydrogen) atoms. The molecule has 0 bridgehead atoms. The van der Waals surface area contributed by atoms with Crippen LogP contribution in [0.4, 0.5) is 4.79 Å². The second-order valence-electron chi connectivity index (χ2n) is 3.92. The Morgan fingerprint density at radius 3 is 2.93 bits per heavy atom. The zero-order valence-electron chi connectivity index (χ0n) is 9.66. The van der Waals surface area contributed by atoms with E-state index in [2.05, 4.69) is 17.0 Å². The van der Waals surface area contributed by atoms with Crippen LogP contribution >= 0.6 is 0 Å². The van der Waals surface area contributed by atoms with Crippen LogP contribution in [0, 0.1) is 0 Å². The predicted molar refractivity (Wildman–Crippen MR) is 56.9 cm³/mol. The normalized spacial score (nSPS) is 22.9. The minimum atomic E-state index is -0.237. The number of methoxy groups -OCH3 is 2. The smallest absolute Gasteiger partial charge is 0.409 e. The molecule has 0 saturated carbocycles. The summed E-state index contributed by atoms with van der Waals surface area (Å²) < 4.78 is 9.71. The van der Waals surface area contributed by atoms with Gasteiger partial charge in [0.05, 0.1) is 13.7 Å². The lowest BCUT2D eigenvalue weighted by Crippen LogP contribution is -2.41. The minimum absolute atomic E-state index is 0.237. The number of ether oxygens (including phenoxy) is 2. The summed E-state index contributed by atoms with van der Waals surface area (Å²) in [5.74, 6) is 0. The molecule has 5 heteroatoms. The quantitative estimate of drug-likeness (QED) is 0.741. The first-order valence-corrected chi connectivity index (χ1v) is 5.25. The molecule has 5 nitrogen and oxygen atoms in total. The third-order valence-corrected chi connectivity index (χ3v) is 2.56. The number of likely N-dealkylation sites (tertiary alicyclic amines) is 1. The minimum Gasteiger partial charge on any atom is -0.453 e. The summed E-state index contributed by atoms with van der Waals surface area (Å²) >= 11 is 0. The molecule has 0 spiro atoms. The molecule has 1 N–H and O–H groups in total. The van der Waals surface area contributed by atoms with Crippen LogP contribution < -0.4 is 5.32 Å². The Kier molecular flexibility index (Phi) is 4.84. The Balaban J connectivity index is 2.27. The summed E-state index contributed by atoms with van der Waals surface area (Å²) in [7, 11) is 3.10. The van der Waals surface area contributed by atoms with Crippen molar-refractivity contribution in [1.29, 1.82) is 0 Å². The van der Waals surface area contributed by atoms with Crippen molar-refractivity contribution in [3.63, 3.8) is 0 Å². The number of nitrogens with one attached hydrogen (secondary N) is 1. The first-order valence-electron chi connectivity index (χ1n) is 5.25. The molecule has 1 aliphatic heterocycles. The molecule has 0 aromatic rings. The summed E-state index contributed by atoms with van der Waals surface area (Å²) in [5, 5.41) is 3.41. The van der Waals surface area contributed by atoms with Gasteiger partial charge in [-0.2, -0.15) is 0 Å². The molecule has 2 unspecified atom stereocenters. The second-order valence-corrected chi connectivity index (χ2v) is 3.92. The van der Waals surface area contributed by atoms with Crippen LogP contribution in [-0.4, -0.2) is 57.0 Å². The van der Waals surface area contributed by atoms with Gasteiger partial charge in [-0.25, -0.2) is 4.79 Å². The largest absolute Gasteiger partial charge is 0.453 e. The van der Waals surface area contributed by atoms with E-state index in [1.807, 2.05) is 0 Å². The van der Waals surface area contributed by atoms with E-state index in [1.54, 1.807) is 12.0 Å². The van der Waals surface area contributed by atoms with Gasteiger partial charge in [0.25, 0.3) is 0 Å². The number of hydrogen-bond acceptors (Lipinski definition) is 4. The lowest BCUT2D eigenvalue weighted by Gasteiger charge is -2.19. The molecule has 2 atom stereocenters. The third kappa shape index (κ3) is 3.68. The molecule has 1 heterocycles. The van der Waals surface area contributed by atoms with E-state index in [1.165, 1.54) is 7.11 Å². The van der Waals surface area contributed by atoms with Gasteiger partial charge in [0.1, 0.15) is 0 Å². The van der Waals surface area contributed by atoms with Gasteiger partial charge in [-0.1, -0.05) is 0 Å². The van der Waals surface area contributed by atoms with Gasteiger partial charge in [-0.15, -0.1) is 0 Å². The Labute approximate surface area is 90.7 Å². The number of carbonyl (C=O) groups is 1. The van der Waals surface area contributed by atoms with E-state index < -0.39 is 0 Å². The number of hydrogen-bond donors (Lipinski definition) is 1. The molecule has 1 rings (SSSR count). The average molecular weight is 216 g/mol. The SMILES string of the molecule is COCC(C)NC1CCN(C(=O)OC)C1.